The molecule has 1 aliphatic heterocycles. The van der Waals surface area contributed by atoms with Gasteiger partial charge in [0.05, 0.1) is 28.8 Å². The second-order valence-corrected chi connectivity index (χ2v) is 6.72. The van der Waals surface area contributed by atoms with Gasteiger partial charge in [0.15, 0.2) is 6.10 Å². The van der Waals surface area contributed by atoms with Gasteiger partial charge >= 0.3 is 5.97 Å². The van der Waals surface area contributed by atoms with E-state index in [1.807, 2.05) is 31.2 Å². The van der Waals surface area contributed by atoms with Crippen LogP contribution in [0, 0.1) is 6.92 Å². The smallest absolute Gasteiger partial charge is 0.339 e. The molecule has 136 valence electrons. The fraction of sp³-hybridized carbons (Fsp3) is 0.150. The molecule has 0 radical (unpaired) electrons. The predicted molar refractivity (Wildman–Crippen MR) is 101 cm³/mol. The molecule has 1 amide bonds. The van der Waals surface area contributed by atoms with Crippen molar-refractivity contribution in [1.29, 1.82) is 0 Å². The van der Waals surface area contributed by atoms with E-state index in [1.54, 1.807) is 35.1 Å². The van der Waals surface area contributed by atoms with Crippen LogP contribution in [0.4, 0.5) is 5.69 Å². The van der Waals surface area contributed by atoms with Crippen LogP contribution < -0.4 is 5.32 Å². The largest absolute Gasteiger partial charge is 0.448 e. The molecular formula is C20H16ClN3O3. The molecule has 2 aromatic carbocycles. The highest BCUT2D eigenvalue weighted by Crippen LogP contribution is 2.24. The summed E-state index contributed by atoms with van der Waals surface area (Å²) in [6.45, 7) is 1.84. The standard InChI is InChI=1S/C20H16ClN3O3/c1-12-17(11-22-24(12)15-7-4-6-14(21)10-15)23-19(25)18-9-13-5-2-3-8-16(13)20(26)27-18/h2-8,10-11,18H,9H2,1H3,(H,23,25)/t18-/m1/s1. The predicted octanol–water partition coefficient (Wildman–Crippen LogP) is 3.55. The average Bonchev–Trinajstić information content (AvgIpc) is 3.02. The van der Waals surface area contributed by atoms with Crippen molar-refractivity contribution in [3.8, 4) is 5.69 Å². The van der Waals surface area contributed by atoms with E-state index in [0.29, 0.717) is 22.7 Å². The summed E-state index contributed by atoms with van der Waals surface area (Å²) in [7, 11) is 0. The molecule has 1 atom stereocenters. The van der Waals surface area contributed by atoms with Crippen molar-refractivity contribution < 1.29 is 14.3 Å². The number of anilines is 1. The van der Waals surface area contributed by atoms with Crippen LogP contribution in [0.2, 0.25) is 5.02 Å². The Hall–Kier alpha value is -3.12. The number of rotatable bonds is 3. The molecule has 6 nitrogen and oxygen atoms in total. The number of fused-ring (bicyclic) bond motifs is 1. The third-order valence-corrected chi connectivity index (χ3v) is 4.74. The number of carbonyl (C=O) groups excluding carboxylic acids is 2. The summed E-state index contributed by atoms with van der Waals surface area (Å²) in [6.07, 6.45) is 1.03. The number of benzene rings is 2. The molecule has 4 rings (SSSR count). The van der Waals surface area contributed by atoms with Crippen molar-refractivity contribution >= 4 is 29.2 Å². The van der Waals surface area contributed by atoms with Crippen LogP contribution in [0.25, 0.3) is 5.69 Å². The molecule has 0 aliphatic carbocycles. The lowest BCUT2D eigenvalue weighted by atomic mass is 9.98. The highest BCUT2D eigenvalue weighted by Gasteiger charge is 2.31. The zero-order valence-electron chi connectivity index (χ0n) is 14.5. The molecule has 0 saturated carbocycles. The highest BCUT2D eigenvalue weighted by atomic mass is 35.5. The number of nitrogens with zero attached hydrogens (tertiary/aromatic N) is 2. The van der Waals surface area contributed by atoms with E-state index < -0.39 is 12.1 Å². The van der Waals surface area contributed by atoms with Crippen LogP contribution in [0.1, 0.15) is 21.6 Å². The van der Waals surface area contributed by atoms with Gasteiger partial charge in [-0.15, -0.1) is 0 Å². The molecule has 3 aromatic rings. The lowest BCUT2D eigenvalue weighted by Crippen LogP contribution is -2.38. The van der Waals surface area contributed by atoms with Crippen LogP contribution in [-0.4, -0.2) is 27.8 Å². The van der Waals surface area contributed by atoms with Crippen LogP contribution in [0.3, 0.4) is 0 Å². The molecule has 7 heteroatoms. The van der Waals surface area contributed by atoms with Crippen LogP contribution in [0.5, 0.6) is 0 Å². The SMILES string of the molecule is Cc1c(NC(=O)[C@H]2Cc3ccccc3C(=O)O2)cnn1-c1cccc(Cl)c1. The molecule has 1 aliphatic rings. The van der Waals surface area contributed by atoms with Gasteiger partial charge in [0.1, 0.15) is 0 Å². The minimum absolute atomic E-state index is 0.342. The first kappa shape index (κ1) is 17.3. The third kappa shape index (κ3) is 3.31. The Morgan fingerprint density at radius 3 is 2.89 bits per heavy atom. The summed E-state index contributed by atoms with van der Waals surface area (Å²) < 4.78 is 6.98. The van der Waals surface area contributed by atoms with Gasteiger partial charge in [0, 0.05) is 11.4 Å². The molecule has 0 unspecified atom stereocenters. The quantitative estimate of drug-likeness (QED) is 0.704. The number of amides is 1. The minimum Gasteiger partial charge on any atom is -0.448 e. The lowest BCUT2D eigenvalue weighted by molar-refractivity contribution is -0.125. The summed E-state index contributed by atoms with van der Waals surface area (Å²) in [6, 6.07) is 14.4. The Morgan fingerprint density at radius 1 is 1.26 bits per heavy atom. The van der Waals surface area contributed by atoms with E-state index in [-0.39, 0.29) is 5.91 Å². The van der Waals surface area contributed by atoms with E-state index in [4.69, 9.17) is 16.3 Å². The van der Waals surface area contributed by atoms with Crippen molar-refractivity contribution in [3.05, 3.63) is 76.6 Å². The molecule has 1 N–H and O–H groups in total. The van der Waals surface area contributed by atoms with Gasteiger partial charge in [-0.25, -0.2) is 9.48 Å². The van der Waals surface area contributed by atoms with Crippen LogP contribution in [-0.2, 0) is 16.0 Å². The van der Waals surface area contributed by atoms with Crippen molar-refractivity contribution in [1.82, 2.24) is 9.78 Å². The minimum atomic E-state index is -0.874. The van der Waals surface area contributed by atoms with Gasteiger partial charge < -0.3 is 10.1 Å². The van der Waals surface area contributed by atoms with Crippen LogP contribution in [0.15, 0.2) is 54.7 Å². The van der Waals surface area contributed by atoms with Crippen molar-refractivity contribution in [3.63, 3.8) is 0 Å². The Balaban J connectivity index is 1.54. The zero-order valence-corrected chi connectivity index (χ0v) is 15.2. The fourth-order valence-electron chi connectivity index (χ4n) is 3.09. The van der Waals surface area contributed by atoms with E-state index >= 15 is 0 Å². The van der Waals surface area contributed by atoms with Gasteiger partial charge in [-0.2, -0.15) is 5.10 Å². The van der Waals surface area contributed by atoms with Crippen LogP contribution >= 0.6 is 11.6 Å². The van der Waals surface area contributed by atoms with E-state index in [9.17, 15) is 9.59 Å². The first-order chi connectivity index (χ1) is 13.0. The highest BCUT2D eigenvalue weighted by molar-refractivity contribution is 6.30. The summed E-state index contributed by atoms with van der Waals surface area (Å²) >= 11 is 6.04. The van der Waals surface area contributed by atoms with Crippen molar-refractivity contribution in [2.45, 2.75) is 19.4 Å². The number of nitrogens with one attached hydrogen (secondary N) is 1. The number of hydrogen-bond donors (Lipinski definition) is 1. The Morgan fingerprint density at radius 2 is 2.07 bits per heavy atom. The third-order valence-electron chi connectivity index (χ3n) is 4.50. The number of halogens is 1. The van der Waals surface area contributed by atoms with E-state index in [2.05, 4.69) is 10.4 Å². The fourth-order valence-corrected chi connectivity index (χ4v) is 3.28. The molecule has 27 heavy (non-hydrogen) atoms. The number of ether oxygens (including phenoxy) is 1. The molecule has 0 saturated heterocycles. The summed E-state index contributed by atoms with van der Waals surface area (Å²) in [5.41, 5.74) is 3.40. The molecule has 0 bridgehead atoms. The first-order valence-corrected chi connectivity index (χ1v) is 8.81. The zero-order chi connectivity index (χ0) is 19.0. The normalized spacial score (nSPS) is 15.8. The maximum atomic E-state index is 12.6. The van der Waals surface area contributed by atoms with E-state index in [0.717, 1.165) is 16.9 Å². The van der Waals surface area contributed by atoms with Gasteiger partial charge in [-0.3, -0.25) is 4.79 Å². The van der Waals surface area contributed by atoms with Crippen molar-refractivity contribution in [2.24, 2.45) is 0 Å². The summed E-state index contributed by atoms with van der Waals surface area (Å²) in [5.74, 6) is -0.866. The van der Waals surface area contributed by atoms with Crippen molar-refractivity contribution in [2.75, 3.05) is 5.32 Å². The number of carbonyl (C=O) groups is 2. The number of esters is 1. The van der Waals surface area contributed by atoms with Gasteiger partial charge in [0.2, 0.25) is 0 Å². The molecule has 0 spiro atoms. The summed E-state index contributed by atoms with van der Waals surface area (Å²) in [4.78, 5) is 24.7. The maximum Gasteiger partial charge on any atom is 0.339 e. The Bertz CT molecular complexity index is 1040. The second kappa shape index (κ2) is 6.89. The molecule has 1 aromatic heterocycles. The van der Waals surface area contributed by atoms with Gasteiger partial charge in [-0.05, 0) is 36.8 Å². The van der Waals surface area contributed by atoms with Gasteiger partial charge in [0.25, 0.3) is 5.91 Å². The molecule has 0 fully saturated rings. The Kier molecular flexibility index (Phi) is 4.41. The number of cyclic esters (lactones) is 1. The Labute approximate surface area is 160 Å². The second-order valence-electron chi connectivity index (χ2n) is 6.28. The van der Waals surface area contributed by atoms with E-state index in [1.165, 1.54) is 0 Å². The maximum absolute atomic E-state index is 12.6. The number of aromatic nitrogens is 2. The molecular weight excluding hydrogens is 366 g/mol. The monoisotopic (exact) mass is 381 g/mol. The number of hydrogen-bond acceptors (Lipinski definition) is 4. The topological polar surface area (TPSA) is 73.2 Å². The van der Waals surface area contributed by atoms with Gasteiger partial charge in [-0.1, -0.05) is 35.9 Å². The lowest BCUT2D eigenvalue weighted by Gasteiger charge is -2.23. The first-order valence-electron chi connectivity index (χ1n) is 8.43. The average molecular weight is 382 g/mol. The molecule has 2 heterocycles. The summed E-state index contributed by atoms with van der Waals surface area (Å²) in [5, 5.41) is 7.71.